The molecule has 9 nitrogen and oxygen atoms in total. The Labute approximate surface area is 199 Å². The van der Waals surface area contributed by atoms with Crippen LogP contribution in [-0.2, 0) is 16.1 Å². The van der Waals surface area contributed by atoms with Gasteiger partial charge >= 0.3 is 5.97 Å². The molecule has 2 N–H and O–H groups in total. The van der Waals surface area contributed by atoms with Crippen molar-refractivity contribution in [2.75, 3.05) is 18.2 Å². The molecule has 0 aliphatic heterocycles. The monoisotopic (exact) mass is 475 g/mol. The number of methoxy groups -OCH3 is 1. The number of nitrogens with zero attached hydrogens (tertiary/aromatic N) is 3. The van der Waals surface area contributed by atoms with Gasteiger partial charge in [0.1, 0.15) is 0 Å². The number of thioether (sulfide) groups is 1. The molecule has 0 aliphatic carbocycles. The topological polar surface area (TPSA) is 115 Å². The zero-order chi connectivity index (χ0) is 23.9. The first kappa shape index (κ1) is 23.0. The first-order chi connectivity index (χ1) is 16.5. The fourth-order valence-corrected chi connectivity index (χ4v) is 3.83. The number of carbonyl (C=O) groups excluding carboxylic acids is 3. The van der Waals surface area contributed by atoms with E-state index in [2.05, 4.69) is 25.6 Å². The maximum Gasteiger partial charge on any atom is 0.337 e. The lowest BCUT2D eigenvalue weighted by molar-refractivity contribution is -0.113. The van der Waals surface area contributed by atoms with Crippen molar-refractivity contribution in [1.29, 1.82) is 0 Å². The Morgan fingerprint density at radius 3 is 2.41 bits per heavy atom. The highest BCUT2D eigenvalue weighted by Crippen LogP contribution is 2.19. The molecule has 0 saturated heterocycles. The van der Waals surface area contributed by atoms with Gasteiger partial charge in [-0.1, -0.05) is 42.1 Å². The number of esters is 1. The number of anilines is 1. The fraction of sp³-hybridized carbons (Fsp3) is 0.125. The summed E-state index contributed by atoms with van der Waals surface area (Å²) < 4.78 is 6.34. The van der Waals surface area contributed by atoms with E-state index in [1.807, 2.05) is 30.3 Å². The summed E-state index contributed by atoms with van der Waals surface area (Å²) in [6.45, 7) is 0.419. The molecule has 0 radical (unpaired) electrons. The van der Waals surface area contributed by atoms with Crippen LogP contribution in [0.5, 0.6) is 0 Å². The molecule has 0 atom stereocenters. The lowest BCUT2D eigenvalue weighted by Crippen LogP contribution is -2.23. The van der Waals surface area contributed by atoms with Crippen molar-refractivity contribution in [2.24, 2.45) is 0 Å². The van der Waals surface area contributed by atoms with Gasteiger partial charge in [-0.2, -0.15) is 0 Å². The predicted molar refractivity (Wildman–Crippen MR) is 128 cm³/mol. The van der Waals surface area contributed by atoms with Crippen molar-refractivity contribution in [3.05, 3.63) is 89.6 Å². The number of ether oxygens (including phenoxy) is 1. The summed E-state index contributed by atoms with van der Waals surface area (Å²) in [6, 6.07) is 19.4. The molecule has 34 heavy (non-hydrogen) atoms. The molecule has 0 aliphatic rings. The molecular weight excluding hydrogens is 454 g/mol. The molecular formula is C24H21N5O4S. The Hall–Kier alpha value is -4.18. The van der Waals surface area contributed by atoms with Gasteiger partial charge in [-0.3, -0.25) is 14.0 Å². The number of nitrogens with one attached hydrogen (secondary N) is 2. The Morgan fingerprint density at radius 1 is 0.941 bits per heavy atom. The highest BCUT2D eigenvalue weighted by Gasteiger charge is 2.13. The van der Waals surface area contributed by atoms with Crippen LogP contribution in [0, 0.1) is 0 Å². The van der Waals surface area contributed by atoms with Gasteiger partial charge in [0, 0.05) is 18.4 Å². The summed E-state index contributed by atoms with van der Waals surface area (Å²) in [6.07, 6.45) is 1.65. The Bertz CT molecular complexity index is 1320. The van der Waals surface area contributed by atoms with Crippen LogP contribution in [0.3, 0.4) is 0 Å². The first-order valence-corrected chi connectivity index (χ1v) is 11.3. The number of aromatic nitrogens is 3. The van der Waals surface area contributed by atoms with E-state index in [1.165, 1.54) is 18.9 Å². The minimum absolute atomic E-state index is 0.0873. The molecule has 2 amide bonds. The first-order valence-electron chi connectivity index (χ1n) is 10.3. The summed E-state index contributed by atoms with van der Waals surface area (Å²) in [7, 11) is 1.31. The zero-order valence-corrected chi connectivity index (χ0v) is 19.0. The van der Waals surface area contributed by atoms with E-state index in [4.69, 9.17) is 0 Å². The van der Waals surface area contributed by atoms with E-state index in [1.54, 1.807) is 47.0 Å². The van der Waals surface area contributed by atoms with Crippen LogP contribution in [0.2, 0.25) is 0 Å². The van der Waals surface area contributed by atoms with Crippen LogP contribution in [0.1, 0.15) is 26.3 Å². The Kier molecular flexibility index (Phi) is 7.19. The molecule has 4 aromatic rings. The lowest BCUT2D eigenvalue weighted by atomic mass is 10.2. The maximum atomic E-state index is 12.6. The largest absolute Gasteiger partial charge is 0.465 e. The van der Waals surface area contributed by atoms with E-state index in [0.29, 0.717) is 34.2 Å². The average Bonchev–Trinajstić information content (AvgIpc) is 3.29. The van der Waals surface area contributed by atoms with Gasteiger partial charge in [0.15, 0.2) is 10.8 Å². The summed E-state index contributed by atoms with van der Waals surface area (Å²) >= 11 is 1.20. The van der Waals surface area contributed by atoms with Crippen LogP contribution in [0.4, 0.5) is 5.69 Å². The quantitative estimate of drug-likeness (QED) is 0.297. The molecule has 0 unspecified atom stereocenters. The SMILES string of the molecule is COC(=O)c1ccc(NC(=O)CSc2nnc3ccc(C(=O)NCc4ccccc4)cn23)cc1. The van der Waals surface area contributed by atoms with Crippen LogP contribution in [0.25, 0.3) is 5.65 Å². The van der Waals surface area contributed by atoms with E-state index < -0.39 is 5.97 Å². The van der Waals surface area contributed by atoms with E-state index >= 15 is 0 Å². The molecule has 0 bridgehead atoms. The van der Waals surface area contributed by atoms with E-state index in [-0.39, 0.29) is 17.6 Å². The number of hydrogen-bond acceptors (Lipinski definition) is 7. The van der Waals surface area contributed by atoms with Gasteiger partial charge in [0.05, 0.1) is 24.0 Å². The third-order valence-corrected chi connectivity index (χ3v) is 5.79. The molecule has 2 heterocycles. The van der Waals surface area contributed by atoms with Crippen LogP contribution >= 0.6 is 11.8 Å². The summed E-state index contributed by atoms with van der Waals surface area (Å²) in [4.78, 5) is 36.5. The fourth-order valence-electron chi connectivity index (χ4n) is 3.12. The molecule has 0 fully saturated rings. The van der Waals surface area contributed by atoms with Crippen molar-refractivity contribution in [1.82, 2.24) is 19.9 Å². The van der Waals surface area contributed by atoms with Gasteiger partial charge in [-0.05, 0) is 42.0 Å². The van der Waals surface area contributed by atoms with Gasteiger partial charge in [-0.15, -0.1) is 10.2 Å². The van der Waals surface area contributed by atoms with Gasteiger partial charge in [-0.25, -0.2) is 4.79 Å². The molecule has 0 saturated carbocycles. The van der Waals surface area contributed by atoms with Gasteiger partial charge < -0.3 is 15.4 Å². The maximum absolute atomic E-state index is 12.6. The third-order valence-electron chi connectivity index (χ3n) is 4.85. The van der Waals surface area contributed by atoms with Crippen molar-refractivity contribution >= 4 is 40.9 Å². The van der Waals surface area contributed by atoms with E-state index in [9.17, 15) is 14.4 Å². The molecule has 4 rings (SSSR count). The number of rotatable bonds is 8. The number of amides is 2. The molecule has 172 valence electrons. The van der Waals surface area contributed by atoms with E-state index in [0.717, 1.165) is 5.56 Å². The molecule has 0 spiro atoms. The number of fused-ring (bicyclic) bond motifs is 1. The normalized spacial score (nSPS) is 10.6. The van der Waals surface area contributed by atoms with Crippen molar-refractivity contribution < 1.29 is 19.1 Å². The van der Waals surface area contributed by atoms with Crippen LogP contribution in [0.15, 0.2) is 78.1 Å². The second kappa shape index (κ2) is 10.6. The summed E-state index contributed by atoms with van der Waals surface area (Å²) in [5.74, 6) is -0.822. The van der Waals surface area contributed by atoms with Crippen molar-refractivity contribution in [3.8, 4) is 0 Å². The van der Waals surface area contributed by atoms with Crippen LogP contribution in [-0.4, -0.2) is 45.2 Å². The number of pyridine rings is 1. The molecule has 10 heteroatoms. The minimum Gasteiger partial charge on any atom is -0.465 e. The Balaban J connectivity index is 1.37. The highest BCUT2D eigenvalue weighted by atomic mass is 32.2. The van der Waals surface area contributed by atoms with Crippen molar-refractivity contribution in [2.45, 2.75) is 11.7 Å². The van der Waals surface area contributed by atoms with Gasteiger partial charge in [0.2, 0.25) is 5.91 Å². The summed E-state index contributed by atoms with van der Waals surface area (Å²) in [5, 5.41) is 14.4. The van der Waals surface area contributed by atoms with Gasteiger partial charge in [0.25, 0.3) is 5.91 Å². The smallest absolute Gasteiger partial charge is 0.337 e. The second-order valence-corrected chi connectivity index (χ2v) is 8.15. The number of hydrogen-bond donors (Lipinski definition) is 2. The highest BCUT2D eigenvalue weighted by molar-refractivity contribution is 7.99. The minimum atomic E-state index is -0.444. The third kappa shape index (κ3) is 5.59. The second-order valence-electron chi connectivity index (χ2n) is 7.20. The molecule has 2 aromatic heterocycles. The summed E-state index contributed by atoms with van der Waals surface area (Å²) in [5.41, 5.74) is 2.99. The predicted octanol–water partition coefficient (Wildman–Crippen LogP) is 3.18. The Morgan fingerprint density at radius 2 is 1.68 bits per heavy atom. The van der Waals surface area contributed by atoms with Crippen molar-refractivity contribution in [3.63, 3.8) is 0 Å². The zero-order valence-electron chi connectivity index (χ0n) is 18.2. The van der Waals surface area contributed by atoms with Crippen LogP contribution < -0.4 is 10.6 Å². The average molecular weight is 476 g/mol. The number of benzene rings is 2. The number of carbonyl (C=O) groups is 3. The lowest BCUT2D eigenvalue weighted by Gasteiger charge is -2.07. The standard InChI is InChI=1S/C24H21N5O4S/c1-33-23(32)17-7-10-19(11-8-17)26-21(30)15-34-24-28-27-20-12-9-18(14-29(20)24)22(31)25-13-16-5-3-2-4-6-16/h2-12,14H,13,15H2,1H3,(H,25,31)(H,26,30). The molecule has 2 aromatic carbocycles.